The summed E-state index contributed by atoms with van der Waals surface area (Å²) in [5.41, 5.74) is 0.428. The van der Waals surface area contributed by atoms with E-state index in [2.05, 4.69) is 15.3 Å². The summed E-state index contributed by atoms with van der Waals surface area (Å²) in [6.45, 7) is 0.187. The number of nitrogens with one attached hydrogen (secondary N) is 1. The first-order chi connectivity index (χ1) is 9.97. The van der Waals surface area contributed by atoms with Gasteiger partial charge in [0.05, 0.1) is 12.1 Å². The summed E-state index contributed by atoms with van der Waals surface area (Å²) in [7, 11) is 3.73. The number of hydrogen-bond donors (Lipinski definition) is 2. The topological polar surface area (TPSA) is 95.4 Å². The molecule has 0 aromatic carbocycles. The van der Waals surface area contributed by atoms with Crippen molar-refractivity contribution in [1.29, 1.82) is 0 Å². The van der Waals surface area contributed by atoms with Gasteiger partial charge in [0.1, 0.15) is 10.8 Å². The van der Waals surface area contributed by atoms with Gasteiger partial charge in [0.15, 0.2) is 5.69 Å². The summed E-state index contributed by atoms with van der Waals surface area (Å²) < 4.78 is 0. The lowest BCUT2D eigenvalue weighted by Crippen LogP contribution is -2.23. The first kappa shape index (κ1) is 14.9. The zero-order valence-corrected chi connectivity index (χ0v) is 12.3. The van der Waals surface area contributed by atoms with Crippen LogP contribution in [0.5, 0.6) is 0 Å². The van der Waals surface area contributed by atoms with Gasteiger partial charge in [0.25, 0.3) is 5.91 Å². The second-order valence-corrected chi connectivity index (χ2v) is 5.36. The van der Waals surface area contributed by atoms with E-state index in [9.17, 15) is 9.59 Å². The van der Waals surface area contributed by atoms with Crippen LogP contribution >= 0.6 is 11.3 Å². The van der Waals surface area contributed by atoms with Gasteiger partial charge in [-0.2, -0.15) is 0 Å². The van der Waals surface area contributed by atoms with Crippen molar-refractivity contribution in [3.63, 3.8) is 0 Å². The molecule has 7 nitrogen and oxygen atoms in total. The number of pyridine rings is 1. The highest BCUT2D eigenvalue weighted by Gasteiger charge is 2.11. The van der Waals surface area contributed by atoms with Gasteiger partial charge in [-0.3, -0.25) is 4.79 Å². The molecule has 0 saturated heterocycles. The van der Waals surface area contributed by atoms with Gasteiger partial charge in [-0.1, -0.05) is 0 Å². The number of carbonyl (C=O) groups excluding carboxylic acids is 1. The van der Waals surface area contributed by atoms with Crippen molar-refractivity contribution < 1.29 is 14.7 Å². The Hall–Kier alpha value is -2.48. The number of carboxylic acid groups (broad SMARTS) is 1. The van der Waals surface area contributed by atoms with Crippen LogP contribution in [0.15, 0.2) is 23.7 Å². The number of thiazole rings is 1. The second-order valence-electron chi connectivity index (χ2n) is 4.41. The van der Waals surface area contributed by atoms with Crippen molar-refractivity contribution in [1.82, 2.24) is 15.3 Å². The number of carbonyl (C=O) groups is 2. The van der Waals surface area contributed by atoms with Crippen LogP contribution in [0.2, 0.25) is 0 Å². The molecule has 0 radical (unpaired) electrons. The molecule has 110 valence electrons. The summed E-state index contributed by atoms with van der Waals surface area (Å²) in [6.07, 6.45) is 1.50. The minimum atomic E-state index is -1.08. The van der Waals surface area contributed by atoms with E-state index in [1.54, 1.807) is 12.1 Å². The molecular formula is C13H14N4O3S. The minimum absolute atomic E-state index is 0.0127. The third-order valence-corrected chi connectivity index (χ3v) is 3.49. The van der Waals surface area contributed by atoms with Crippen LogP contribution in [-0.2, 0) is 6.54 Å². The molecule has 1 amide bonds. The quantitative estimate of drug-likeness (QED) is 0.862. The highest BCUT2D eigenvalue weighted by atomic mass is 32.1. The van der Waals surface area contributed by atoms with Gasteiger partial charge >= 0.3 is 5.97 Å². The maximum Gasteiger partial charge on any atom is 0.355 e. The molecule has 21 heavy (non-hydrogen) atoms. The van der Waals surface area contributed by atoms with Gasteiger partial charge in [-0.25, -0.2) is 14.8 Å². The lowest BCUT2D eigenvalue weighted by atomic mass is 10.2. The van der Waals surface area contributed by atoms with E-state index in [0.29, 0.717) is 10.6 Å². The largest absolute Gasteiger partial charge is 0.476 e. The molecule has 0 unspecified atom stereocenters. The number of aromatic nitrogens is 2. The van der Waals surface area contributed by atoms with Crippen LogP contribution in [0.3, 0.4) is 0 Å². The van der Waals surface area contributed by atoms with Crippen LogP contribution in [0.1, 0.15) is 25.9 Å². The number of rotatable bonds is 5. The molecule has 0 fully saturated rings. The molecule has 0 atom stereocenters. The van der Waals surface area contributed by atoms with E-state index < -0.39 is 5.97 Å². The lowest BCUT2D eigenvalue weighted by Gasteiger charge is -2.11. The average Bonchev–Trinajstić information content (AvgIpc) is 2.94. The fraction of sp³-hybridized carbons (Fsp3) is 0.231. The van der Waals surface area contributed by atoms with Crippen molar-refractivity contribution in [2.75, 3.05) is 19.0 Å². The van der Waals surface area contributed by atoms with E-state index in [-0.39, 0.29) is 18.1 Å². The van der Waals surface area contributed by atoms with E-state index in [1.165, 1.54) is 22.9 Å². The first-order valence-corrected chi connectivity index (χ1v) is 6.94. The van der Waals surface area contributed by atoms with E-state index in [4.69, 9.17) is 5.11 Å². The molecule has 0 saturated carbocycles. The van der Waals surface area contributed by atoms with Crippen LogP contribution in [-0.4, -0.2) is 41.0 Å². The molecular weight excluding hydrogens is 292 g/mol. The number of aromatic carboxylic acids is 1. The number of nitrogens with zero attached hydrogens (tertiary/aromatic N) is 3. The molecule has 0 aliphatic carbocycles. The predicted molar refractivity (Wildman–Crippen MR) is 78.8 cm³/mol. The number of amides is 1. The molecule has 0 aliphatic rings. The van der Waals surface area contributed by atoms with Crippen molar-refractivity contribution in [3.8, 4) is 0 Å². The minimum Gasteiger partial charge on any atom is -0.476 e. The standard InChI is InChI=1S/C13H14N4O3S/c1-17(2)10-4-3-8(5-14-10)12(18)15-6-11-16-9(7-21-11)13(19)20/h3-5,7H,6H2,1-2H3,(H,15,18)(H,19,20). The van der Waals surface area contributed by atoms with Gasteiger partial charge in [0.2, 0.25) is 0 Å². The Labute approximate surface area is 125 Å². The monoisotopic (exact) mass is 306 g/mol. The van der Waals surface area contributed by atoms with Gasteiger partial charge < -0.3 is 15.3 Å². The molecule has 2 aromatic rings. The summed E-state index contributed by atoms with van der Waals surface area (Å²) in [5.74, 6) is -0.593. The summed E-state index contributed by atoms with van der Waals surface area (Å²) in [5, 5.41) is 13.4. The Bertz CT molecular complexity index is 652. The Morgan fingerprint density at radius 1 is 1.38 bits per heavy atom. The van der Waals surface area contributed by atoms with Gasteiger partial charge in [-0.05, 0) is 12.1 Å². The second kappa shape index (κ2) is 6.31. The number of hydrogen-bond acceptors (Lipinski definition) is 6. The maximum absolute atomic E-state index is 11.9. The zero-order chi connectivity index (χ0) is 15.4. The third-order valence-electron chi connectivity index (χ3n) is 2.64. The van der Waals surface area contributed by atoms with E-state index in [0.717, 1.165) is 5.82 Å². The van der Waals surface area contributed by atoms with Crippen LogP contribution < -0.4 is 10.2 Å². The Morgan fingerprint density at radius 2 is 2.14 bits per heavy atom. The number of carboxylic acids is 1. The number of anilines is 1. The molecule has 0 spiro atoms. The molecule has 0 aliphatic heterocycles. The van der Waals surface area contributed by atoms with Crippen LogP contribution in [0.4, 0.5) is 5.82 Å². The van der Waals surface area contributed by atoms with Crippen LogP contribution in [0, 0.1) is 0 Å². The molecule has 2 rings (SSSR count). The molecule has 2 heterocycles. The molecule has 0 bridgehead atoms. The maximum atomic E-state index is 11.9. The summed E-state index contributed by atoms with van der Waals surface area (Å²) in [6, 6.07) is 3.43. The SMILES string of the molecule is CN(C)c1ccc(C(=O)NCc2nc(C(=O)O)cs2)cn1. The van der Waals surface area contributed by atoms with Gasteiger partial charge in [0, 0.05) is 25.7 Å². The van der Waals surface area contributed by atoms with Crippen molar-refractivity contribution in [2.45, 2.75) is 6.54 Å². The van der Waals surface area contributed by atoms with Crippen molar-refractivity contribution in [3.05, 3.63) is 40.0 Å². The molecule has 8 heteroatoms. The lowest BCUT2D eigenvalue weighted by molar-refractivity contribution is 0.0691. The van der Waals surface area contributed by atoms with E-state index >= 15 is 0 Å². The Morgan fingerprint density at radius 3 is 2.67 bits per heavy atom. The third kappa shape index (κ3) is 3.76. The van der Waals surface area contributed by atoms with Gasteiger partial charge in [-0.15, -0.1) is 11.3 Å². The molecule has 2 N–H and O–H groups in total. The fourth-order valence-electron chi connectivity index (χ4n) is 1.53. The van der Waals surface area contributed by atoms with Crippen LogP contribution in [0.25, 0.3) is 0 Å². The average molecular weight is 306 g/mol. The van der Waals surface area contributed by atoms with E-state index in [1.807, 2.05) is 19.0 Å². The highest BCUT2D eigenvalue weighted by Crippen LogP contribution is 2.11. The Balaban J connectivity index is 1.96. The smallest absolute Gasteiger partial charge is 0.355 e. The highest BCUT2D eigenvalue weighted by molar-refractivity contribution is 7.09. The van der Waals surface area contributed by atoms with Crippen molar-refractivity contribution in [2.24, 2.45) is 0 Å². The van der Waals surface area contributed by atoms with Crippen molar-refractivity contribution >= 4 is 29.0 Å². The zero-order valence-electron chi connectivity index (χ0n) is 11.5. The fourth-order valence-corrected chi connectivity index (χ4v) is 2.24. The predicted octanol–water partition coefficient (Wildman–Crippen LogP) is 1.23. The molecule has 2 aromatic heterocycles. The normalized spacial score (nSPS) is 10.2. The Kier molecular flexibility index (Phi) is 4.49. The summed E-state index contributed by atoms with van der Waals surface area (Å²) in [4.78, 5) is 32.5. The summed E-state index contributed by atoms with van der Waals surface area (Å²) >= 11 is 1.19. The first-order valence-electron chi connectivity index (χ1n) is 6.06.